The number of aromatic nitrogens is 4. The van der Waals surface area contributed by atoms with Crippen LogP contribution in [0, 0.1) is 0 Å². The van der Waals surface area contributed by atoms with E-state index in [1.54, 1.807) is 4.57 Å². The molecule has 0 N–H and O–H groups in total. The SMILES string of the molecule is [2H]c1c([2H])c([2H])c2c(c1[2H])c1c(-c3cccc(-c4ccccc4)c3)cccc1n2-c1nc(-c2ccc(-c3ccccc3)cc2)nc(-c2ccc3c(c2)oc2ccccc23)n1. The van der Waals surface area contributed by atoms with Gasteiger partial charge in [0.05, 0.1) is 16.5 Å². The highest BCUT2D eigenvalue weighted by atomic mass is 16.3. The zero-order valence-electron chi connectivity index (χ0n) is 33.9. The maximum Gasteiger partial charge on any atom is 0.238 e. The fraction of sp³-hybridized carbons (Fsp3) is 0. The van der Waals surface area contributed by atoms with Gasteiger partial charge in [-0.15, -0.1) is 0 Å². The zero-order chi connectivity index (χ0) is 40.5. The van der Waals surface area contributed by atoms with E-state index in [2.05, 4.69) is 36.4 Å². The first kappa shape index (κ1) is 27.9. The van der Waals surface area contributed by atoms with Gasteiger partial charge in [0.1, 0.15) is 11.2 Å². The van der Waals surface area contributed by atoms with E-state index in [4.69, 9.17) is 22.1 Å². The Balaban J connectivity index is 1.18. The van der Waals surface area contributed by atoms with Crippen molar-refractivity contribution in [1.29, 1.82) is 0 Å². The molecule has 11 aromatic rings. The van der Waals surface area contributed by atoms with Gasteiger partial charge in [-0.3, -0.25) is 4.57 Å². The highest BCUT2D eigenvalue weighted by molar-refractivity contribution is 6.15. The molecule has 0 spiro atoms. The van der Waals surface area contributed by atoms with Crippen molar-refractivity contribution in [3.63, 3.8) is 0 Å². The van der Waals surface area contributed by atoms with Crippen LogP contribution in [0.4, 0.5) is 0 Å². The van der Waals surface area contributed by atoms with Gasteiger partial charge in [0, 0.05) is 32.7 Å². The predicted molar refractivity (Wildman–Crippen MR) is 229 cm³/mol. The molecule has 0 amide bonds. The maximum atomic E-state index is 9.36. The quantitative estimate of drug-likeness (QED) is 0.172. The summed E-state index contributed by atoms with van der Waals surface area (Å²) in [6.07, 6.45) is 0. The second-order valence-corrected chi connectivity index (χ2v) is 13.7. The summed E-state index contributed by atoms with van der Waals surface area (Å²) in [6.45, 7) is 0. The molecule has 0 fully saturated rings. The second kappa shape index (κ2) is 13.0. The third kappa shape index (κ3) is 5.37. The van der Waals surface area contributed by atoms with Crippen molar-refractivity contribution >= 4 is 43.7 Å². The van der Waals surface area contributed by atoms with Crippen LogP contribution in [0.1, 0.15) is 5.48 Å². The van der Waals surface area contributed by atoms with Crippen LogP contribution in [0.3, 0.4) is 0 Å². The molecule has 0 bridgehead atoms. The molecule has 0 atom stereocenters. The van der Waals surface area contributed by atoms with Gasteiger partial charge in [-0.1, -0.05) is 158 Å². The predicted octanol–water partition coefficient (Wildman–Crippen LogP) is 13.2. The number of benzene rings is 8. The summed E-state index contributed by atoms with van der Waals surface area (Å²) >= 11 is 0. The number of fused-ring (bicyclic) bond motifs is 6. The second-order valence-electron chi connectivity index (χ2n) is 13.7. The maximum absolute atomic E-state index is 9.36. The molecule has 0 saturated carbocycles. The third-order valence-electron chi connectivity index (χ3n) is 10.4. The molecule has 8 aromatic carbocycles. The molecular weight excluding hydrogens is 685 g/mol. The standard InChI is InChI=1S/C51H32N4O/c1-3-13-33(14-4-1)35-25-27-36(28-26-35)49-52-50(39-29-30-42-41-19-8-10-24-46(41)56-47(42)32-39)54-51(53-49)55-44-22-9-7-20-43(44)48-40(21-12-23-45(48)55)38-18-11-17-37(31-38)34-15-5-2-6-16-34/h1-32H/i7D,9D,20D,22D. The lowest BCUT2D eigenvalue weighted by atomic mass is 9.96. The Kier molecular flexibility index (Phi) is 6.50. The Bertz CT molecular complexity index is 3470. The summed E-state index contributed by atoms with van der Waals surface area (Å²) in [4.78, 5) is 15.3. The van der Waals surface area contributed by atoms with Gasteiger partial charge >= 0.3 is 0 Å². The molecule has 0 aliphatic rings. The van der Waals surface area contributed by atoms with E-state index in [1.807, 2.05) is 133 Å². The topological polar surface area (TPSA) is 56.7 Å². The van der Waals surface area contributed by atoms with Crippen LogP contribution in [0.2, 0.25) is 0 Å². The Morgan fingerprint density at radius 3 is 1.84 bits per heavy atom. The van der Waals surface area contributed by atoms with E-state index in [9.17, 15) is 2.74 Å². The van der Waals surface area contributed by atoms with Crippen molar-refractivity contribution in [3.8, 4) is 62.1 Å². The van der Waals surface area contributed by atoms with Gasteiger partial charge in [0.2, 0.25) is 5.95 Å². The lowest BCUT2D eigenvalue weighted by Crippen LogP contribution is -2.06. The molecule has 0 saturated heterocycles. The lowest BCUT2D eigenvalue weighted by Gasteiger charge is -2.12. The molecular formula is C51H32N4O. The molecule has 0 aliphatic carbocycles. The normalized spacial score (nSPS) is 12.6. The molecule has 5 heteroatoms. The first-order chi connectivity index (χ1) is 29.4. The van der Waals surface area contributed by atoms with Crippen LogP contribution in [0.5, 0.6) is 0 Å². The van der Waals surface area contributed by atoms with Crippen molar-refractivity contribution in [2.75, 3.05) is 0 Å². The van der Waals surface area contributed by atoms with Gasteiger partial charge in [-0.05, 0) is 69.8 Å². The van der Waals surface area contributed by atoms with Crippen LogP contribution < -0.4 is 0 Å². The molecule has 3 heterocycles. The fourth-order valence-electron chi connectivity index (χ4n) is 7.74. The molecule has 0 unspecified atom stereocenters. The number of hydrogen-bond donors (Lipinski definition) is 0. The van der Waals surface area contributed by atoms with Crippen LogP contribution in [0.25, 0.3) is 106 Å². The summed E-state index contributed by atoms with van der Waals surface area (Å²) in [5.41, 5.74) is 9.80. The van der Waals surface area contributed by atoms with E-state index in [0.717, 1.165) is 55.3 Å². The van der Waals surface area contributed by atoms with Gasteiger partial charge in [-0.2, -0.15) is 9.97 Å². The van der Waals surface area contributed by atoms with Crippen LogP contribution in [-0.4, -0.2) is 19.5 Å². The zero-order valence-corrected chi connectivity index (χ0v) is 29.9. The molecule has 0 aliphatic heterocycles. The third-order valence-corrected chi connectivity index (χ3v) is 10.4. The minimum absolute atomic E-state index is 0.136. The van der Waals surface area contributed by atoms with Gasteiger partial charge in [-0.25, -0.2) is 4.98 Å². The smallest absolute Gasteiger partial charge is 0.238 e. The first-order valence-corrected chi connectivity index (χ1v) is 18.4. The summed E-state index contributed by atoms with van der Waals surface area (Å²) in [6, 6.07) is 55.3. The van der Waals surface area contributed by atoms with Gasteiger partial charge < -0.3 is 4.42 Å². The van der Waals surface area contributed by atoms with Crippen LogP contribution in [0.15, 0.2) is 198 Å². The highest BCUT2D eigenvalue weighted by Crippen LogP contribution is 2.40. The van der Waals surface area contributed by atoms with Gasteiger partial charge in [0.25, 0.3) is 0 Å². The van der Waals surface area contributed by atoms with E-state index < -0.39 is 0 Å². The number of para-hydroxylation sites is 2. The van der Waals surface area contributed by atoms with E-state index in [1.165, 1.54) is 0 Å². The summed E-state index contributed by atoms with van der Waals surface area (Å²) in [5.74, 6) is 1.00. The number of nitrogens with zero attached hydrogens (tertiary/aromatic N) is 4. The number of hydrogen-bond acceptors (Lipinski definition) is 4. The molecule has 262 valence electrons. The first-order valence-electron chi connectivity index (χ1n) is 20.4. The Hall–Kier alpha value is -7.63. The Labute approximate surface area is 328 Å². The number of furan rings is 1. The van der Waals surface area contributed by atoms with Crippen molar-refractivity contribution in [3.05, 3.63) is 194 Å². The molecule has 11 rings (SSSR count). The molecule has 0 radical (unpaired) electrons. The summed E-state index contributed by atoms with van der Waals surface area (Å²) in [5, 5.41) is 3.04. The van der Waals surface area contributed by atoms with Crippen molar-refractivity contribution in [1.82, 2.24) is 19.5 Å². The average Bonchev–Trinajstić information content (AvgIpc) is 3.87. The van der Waals surface area contributed by atoms with E-state index in [-0.39, 0.29) is 35.6 Å². The van der Waals surface area contributed by atoms with Crippen LogP contribution in [-0.2, 0) is 0 Å². The van der Waals surface area contributed by atoms with E-state index >= 15 is 0 Å². The average molecular weight is 721 g/mol. The fourth-order valence-corrected chi connectivity index (χ4v) is 7.74. The van der Waals surface area contributed by atoms with E-state index in [0.29, 0.717) is 39.1 Å². The van der Waals surface area contributed by atoms with Crippen molar-refractivity contribution in [2.45, 2.75) is 0 Å². The monoisotopic (exact) mass is 720 g/mol. The molecule has 5 nitrogen and oxygen atoms in total. The minimum Gasteiger partial charge on any atom is -0.456 e. The Morgan fingerprint density at radius 1 is 0.411 bits per heavy atom. The number of rotatable bonds is 6. The van der Waals surface area contributed by atoms with Gasteiger partial charge in [0.15, 0.2) is 11.6 Å². The summed E-state index contributed by atoms with van der Waals surface area (Å²) in [7, 11) is 0. The van der Waals surface area contributed by atoms with Crippen molar-refractivity contribution < 1.29 is 9.90 Å². The Morgan fingerprint density at radius 2 is 1.02 bits per heavy atom. The van der Waals surface area contributed by atoms with Crippen LogP contribution >= 0.6 is 0 Å². The molecule has 3 aromatic heterocycles. The highest BCUT2D eigenvalue weighted by Gasteiger charge is 2.21. The minimum atomic E-state index is -0.342. The largest absolute Gasteiger partial charge is 0.456 e. The molecule has 56 heavy (non-hydrogen) atoms. The summed E-state index contributed by atoms with van der Waals surface area (Å²) < 4.78 is 44.4. The van der Waals surface area contributed by atoms with Crippen molar-refractivity contribution in [2.24, 2.45) is 0 Å². The lowest BCUT2D eigenvalue weighted by molar-refractivity contribution is 0.669.